The highest BCUT2D eigenvalue weighted by atomic mass is 32.2. The zero-order chi connectivity index (χ0) is 12.9. The number of rotatable bonds is 0. The Morgan fingerprint density at radius 1 is 1.27 bits per heavy atom. The Balaban J connectivity index is 0. The molecule has 0 aromatic carbocycles. The van der Waals surface area contributed by atoms with Gasteiger partial charge in [-0.2, -0.15) is 0 Å². The Hall–Kier alpha value is -0.660. The quantitative estimate of drug-likeness (QED) is 0.245. The van der Waals surface area contributed by atoms with E-state index in [1.165, 1.54) is 0 Å². The molecule has 6 nitrogen and oxygen atoms in total. The molecule has 0 aromatic heterocycles. The Morgan fingerprint density at radius 2 is 1.53 bits per heavy atom. The zero-order valence-electron chi connectivity index (χ0n) is 10.5. The molecule has 0 fully saturated rings. The molecule has 0 saturated heterocycles. The van der Waals surface area contributed by atoms with Gasteiger partial charge in [0.2, 0.25) is 0 Å². The predicted octanol–water partition coefficient (Wildman–Crippen LogP) is -0.599. The molecular weight excluding hydrogens is 218 g/mol. The normalized spacial score (nSPS) is 12.9. The lowest BCUT2D eigenvalue weighted by Crippen LogP contribution is -2.48. The van der Waals surface area contributed by atoms with E-state index < -0.39 is 10.1 Å². The summed E-state index contributed by atoms with van der Waals surface area (Å²) >= 11 is 0. The van der Waals surface area contributed by atoms with Crippen molar-refractivity contribution in [1.82, 2.24) is 4.90 Å². The second-order valence-electron chi connectivity index (χ2n) is 4.13. The van der Waals surface area contributed by atoms with Gasteiger partial charge in [-0.05, 0) is 0 Å². The summed E-state index contributed by atoms with van der Waals surface area (Å²) in [7, 11) is 8.21. The molecule has 0 atom stereocenters. The van der Waals surface area contributed by atoms with Crippen LogP contribution in [-0.2, 0) is 10.1 Å². The Morgan fingerprint density at radius 3 is 1.53 bits per heavy atom. The van der Waals surface area contributed by atoms with Gasteiger partial charge in [0.05, 0.1) is 31.3 Å². The predicted molar refractivity (Wildman–Crippen MR) is 60.7 cm³/mol. The molecule has 15 heavy (non-hydrogen) atoms. The van der Waals surface area contributed by atoms with Crippen molar-refractivity contribution in [3.05, 3.63) is 0 Å². The van der Waals surface area contributed by atoms with E-state index in [1.54, 1.807) is 0 Å². The van der Waals surface area contributed by atoms with Crippen LogP contribution in [0.2, 0.25) is 0 Å². The van der Waals surface area contributed by atoms with E-state index in [9.17, 15) is 0 Å². The van der Waals surface area contributed by atoms with Crippen molar-refractivity contribution in [2.75, 3.05) is 48.5 Å². The molecular formula is C8H21N3O3S. The van der Waals surface area contributed by atoms with Gasteiger partial charge in [-0.3, -0.25) is 4.48 Å². The highest BCUT2D eigenvalue weighted by molar-refractivity contribution is 7.84. The van der Waals surface area contributed by atoms with E-state index in [0.29, 0.717) is 6.26 Å². The summed E-state index contributed by atoms with van der Waals surface area (Å²) in [5, 5.41) is 0. The topological polar surface area (TPSA) is 72.8 Å². The summed E-state index contributed by atoms with van der Waals surface area (Å²) in [4.78, 5) is 6.20. The van der Waals surface area contributed by atoms with Crippen LogP contribution in [0.5, 0.6) is 0 Å². The maximum absolute atomic E-state index is 9.08. The molecule has 0 heterocycles. The molecule has 7 heteroatoms. The highest BCUT2D eigenvalue weighted by Crippen LogP contribution is 1.96. The van der Waals surface area contributed by atoms with E-state index in [0.717, 1.165) is 10.4 Å². The van der Waals surface area contributed by atoms with Crippen LogP contribution in [0.15, 0.2) is 4.99 Å². The fraction of sp³-hybridized carbons (Fsp3) is 0.875. The minimum absolute atomic E-state index is 0.604. The first-order valence-electron chi connectivity index (χ1n) is 4.26. The molecule has 0 N–H and O–H groups in total. The third-order valence-corrected chi connectivity index (χ3v) is 1.20. The maximum Gasteiger partial charge on any atom is 0.298 e. The lowest BCUT2D eigenvalue weighted by molar-refractivity contribution is -0.782. The van der Waals surface area contributed by atoms with Crippen LogP contribution in [0.3, 0.4) is 0 Å². The summed E-state index contributed by atoms with van der Waals surface area (Å²) in [6.45, 7) is 0. The van der Waals surface area contributed by atoms with Crippen LogP contribution in [-0.4, -0.2) is 76.9 Å². The standard InChI is InChI=1S/C7H18N3.CH4O3S/c1-8-7(9(2)3)10(4,5)6;1-5(2,3)4/h1-6H3;1H3,(H,2,3,4)/q+1;/p-1. The van der Waals surface area contributed by atoms with E-state index in [-0.39, 0.29) is 0 Å². The second-order valence-corrected chi connectivity index (χ2v) is 5.54. The summed E-state index contributed by atoms with van der Waals surface area (Å²) < 4.78 is 28.0. The molecule has 0 aliphatic carbocycles. The van der Waals surface area contributed by atoms with Gasteiger partial charge < -0.3 is 9.45 Å². The fourth-order valence-corrected chi connectivity index (χ4v) is 1.10. The fourth-order valence-electron chi connectivity index (χ4n) is 1.10. The molecule has 0 saturated carbocycles. The van der Waals surface area contributed by atoms with E-state index in [2.05, 4.69) is 26.1 Å². The van der Waals surface area contributed by atoms with Crippen LogP contribution >= 0.6 is 0 Å². The number of aliphatic imine (C=N–C) groups is 1. The van der Waals surface area contributed by atoms with Gasteiger partial charge in [-0.15, -0.1) is 0 Å². The lowest BCUT2D eigenvalue weighted by atomic mass is 10.6. The van der Waals surface area contributed by atoms with Crippen molar-refractivity contribution >= 4 is 16.1 Å². The summed E-state index contributed by atoms with van der Waals surface area (Å²) in [5.41, 5.74) is 0. The van der Waals surface area contributed by atoms with Gasteiger partial charge >= 0.3 is 0 Å². The lowest BCUT2D eigenvalue weighted by Gasteiger charge is -2.28. The third-order valence-electron chi connectivity index (χ3n) is 1.20. The molecule has 0 aliphatic rings. The number of hydrogen-bond donors (Lipinski definition) is 0. The number of nitrogens with zero attached hydrogens (tertiary/aromatic N) is 3. The van der Waals surface area contributed by atoms with Crippen molar-refractivity contribution < 1.29 is 17.5 Å². The van der Waals surface area contributed by atoms with Crippen molar-refractivity contribution in [3.8, 4) is 0 Å². The van der Waals surface area contributed by atoms with Crippen molar-refractivity contribution in [2.24, 2.45) is 4.99 Å². The Bertz CT molecular complexity index is 294. The van der Waals surface area contributed by atoms with Gasteiger partial charge in [-0.25, -0.2) is 13.4 Å². The van der Waals surface area contributed by atoms with Gasteiger partial charge in [0.15, 0.2) is 0 Å². The monoisotopic (exact) mass is 239 g/mol. The summed E-state index contributed by atoms with van der Waals surface area (Å²) in [6.07, 6.45) is 0.604. The maximum atomic E-state index is 9.08. The van der Waals surface area contributed by atoms with Crippen LogP contribution < -0.4 is 0 Å². The molecule has 92 valence electrons. The average molecular weight is 239 g/mol. The molecule has 0 unspecified atom stereocenters. The van der Waals surface area contributed by atoms with Crippen molar-refractivity contribution in [2.45, 2.75) is 0 Å². The van der Waals surface area contributed by atoms with Crippen LogP contribution in [0.25, 0.3) is 0 Å². The molecule has 0 spiro atoms. The van der Waals surface area contributed by atoms with Gasteiger partial charge in [-0.1, -0.05) is 0 Å². The first-order valence-corrected chi connectivity index (χ1v) is 6.08. The molecule has 0 radical (unpaired) electrons. The van der Waals surface area contributed by atoms with Crippen LogP contribution in [0, 0.1) is 0 Å². The average Bonchev–Trinajstić information content (AvgIpc) is 1.78. The smallest absolute Gasteiger partial charge is 0.298 e. The number of quaternary nitrogens is 1. The highest BCUT2D eigenvalue weighted by Gasteiger charge is 2.18. The SMILES string of the molecule is CN=C(N(C)C)[N+](C)(C)C.CS(=O)(=O)[O-]. The Kier molecular flexibility index (Phi) is 6.75. The first kappa shape index (κ1) is 16.8. The Labute approximate surface area is 92.6 Å². The molecule has 0 rings (SSSR count). The van der Waals surface area contributed by atoms with Crippen molar-refractivity contribution in [1.29, 1.82) is 0 Å². The first-order chi connectivity index (χ1) is 6.39. The molecule has 0 aromatic rings. The molecule has 0 bridgehead atoms. The van der Waals surface area contributed by atoms with E-state index in [4.69, 9.17) is 13.0 Å². The largest absolute Gasteiger partial charge is 0.748 e. The van der Waals surface area contributed by atoms with E-state index in [1.807, 2.05) is 26.0 Å². The van der Waals surface area contributed by atoms with Gasteiger partial charge in [0.25, 0.3) is 5.96 Å². The summed E-state index contributed by atoms with van der Waals surface area (Å²) in [5.74, 6) is 1.07. The van der Waals surface area contributed by atoms with Crippen LogP contribution in [0.1, 0.15) is 0 Å². The molecule has 0 aliphatic heterocycles. The second kappa shape index (κ2) is 6.04. The zero-order valence-corrected chi connectivity index (χ0v) is 11.3. The molecule has 0 amide bonds. The third kappa shape index (κ3) is 13.3. The van der Waals surface area contributed by atoms with Gasteiger partial charge in [0, 0.05) is 27.4 Å². The minimum Gasteiger partial charge on any atom is -0.748 e. The van der Waals surface area contributed by atoms with E-state index >= 15 is 0 Å². The summed E-state index contributed by atoms with van der Waals surface area (Å²) in [6, 6.07) is 0. The van der Waals surface area contributed by atoms with Crippen LogP contribution in [0.4, 0.5) is 0 Å². The van der Waals surface area contributed by atoms with Gasteiger partial charge in [0.1, 0.15) is 0 Å². The minimum atomic E-state index is -3.92. The number of hydrogen-bond acceptors (Lipinski definition) is 4. The van der Waals surface area contributed by atoms with Crippen molar-refractivity contribution in [3.63, 3.8) is 0 Å². The number of guanidine groups is 1.